The number of likely N-dealkylation sites (tertiary alicyclic amines) is 1. The molecule has 0 spiro atoms. The maximum absolute atomic E-state index is 4.93. The number of rotatable bonds is 3. The molecule has 0 amide bonds. The van der Waals surface area contributed by atoms with E-state index in [-0.39, 0.29) is 0 Å². The molecule has 0 aliphatic carbocycles. The number of hydrogen-bond acceptors (Lipinski definition) is 2. The molecule has 1 rings (SSSR count). The summed E-state index contributed by atoms with van der Waals surface area (Å²) in [4.78, 5) is 2.38. The topological polar surface area (TPSA) is 12.5 Å². The molecule has 64 valence electrons. The Kier molecular flexibility index (Phi) is 3.60. The van der Waals surface area contributed by atoms with Crippen molar-refractivity contribution in [2.24, 2.45) is 0 Å². The zero-order chi connectivity index (χ0) is 8.10. The van der Waals surface area contributed by atoms with Crippen LogP contribution in [0.25, 0.3) is 0 Å². The van der Waals surface area contributed by atoms with E-state index in [2.05, 4.69) is 24.1 Å². The smallest absolute Gasteiger partial charge is 0.0644 e. The predicted octanol–water partition coefficient (Wildman–Crippen LogP) is 1.28. The normalized spacial score (nSPS) is 26.9. The molecule has 1 heterocycles. The molecule has 1 aliphatic rings. The molecule has 0 radical (unpaired) electrons. The van der Waals surface area contributed by atoms with Crippen LogP contribution >= 0.6 is 0 Å². The zero-order valence-electron chi connectivity index (χ0n) is 7.42. The molecular weight excluding hydrogens is 138 g/mol. The predicted molar refractivity (Wildman–Crippen MR) is 46.7 cm³/mol. The molecule has 0 bridgehead atoms. The number of likely N-dealkylation sites (N-methyl/N-ethyl adjacent to an activating group) is 1. The lowest BCUT2D eigenvalue weighted by molar-refractivity contribution is 0.232. The van der Waals surface area contributed by atoms with Gasteiger partial charge in [0.2, 0.25) is 0 Å². The number of ether oxygens (including phenoxy) is 1. The fraction of sp³-hybridized carbons (Fsp3) is 0.778. The maximum Gasteiger partial charge on any atom is 0.0644 e. The lowest BCUT2D eigenvalue weighted by atomic mass is 10.2. The Labute approximate surface area is 68.8 Å². The van der Waals surface area contributed by atoms with Gasteiger partial charge in [0.1, 0.15) is 0 Å². The summed E-state index contributed by atoms with van der Waals surface area (Å²) in [6.45, 7) is 1.98. The van der Waals surface area contributed by atoms with E-state index in [0.29, 0.717) is 6.04 Å². The molecular formula is C9H17NO. The van der Waals surface area contributed by atoms with Gasteiger partial charge < -0.3 is 4.74 Å². The van der Waals surface area contributed by atoms with E-state index in [1.807, 2.05) is 0 Å². The number of nitrogens with zero attached hydrogens (tertiary/aromatic N) is 1. The standard InChI is InChI=1S/C9H17NO/c1-10-7-3-5-9(10)6-4-8-11-2/h4,6,9H,3,5,7-8H2,1-2H3. The van der Waals surface area contributed by atoms with Gasteiger partial charge in [-0.25, -0.2) is 0 Å². The van der Waals surface area contributed by atoms with Crippen LogP contribution in [0.4, 0.5) is 0 Å². The zero-order valence-corrected chi connectivity index (χ0v) is 7.42. The summed E-state index contributed by atoms with van der Waals surface area (Å²) < 4.78 is 4.93. The summed E-state index contributed by atoms with van der Waals surface area (Å²) in [5.41, 5.74) is 0. The van der Waals surface area contributed by atoms with E-state index in [1.54, 1.807) is 7.11 Å². The van der Waals surface area contributed by atoms with E-state index in [1.165, 1.54) is 19.4 Å². The molecule has 2 nitrogen and oxygen atoms in total. The van der Waals surface area contributed by atoms with Gasteiger partial charge in [-0.05, 0) is 26.4 Å². The van der Waals surface area contributed by atoms with Crippen LogP contribution < -0.4 is 0 Å². The maximum atomic E-state index is 4.93. The highest BCUT2D eigenvalue weighted by atomic mass is 16.5. The molecule has 1 saturated heterocycles. The van der Waals surface area contributed by atoms with Crippen molar-refractivity contribution in [1.29, 1.82) is 0 Å². The van der Waals surface area contributed by atoms with Crippen molar-refractivity contribution in [2.45, 2.75) is 18.9 Å². The fourth-order valence-corrected chi connectivity index (χ4v) is 1.49. The second-order valence-corrected chi connectivity index (χ2v) is 3.07. The highest BCUT2D eigenvalue weighted by Gasteiger charge is 2.16. The molecule has 0 aromatic carbocycles. The third-order valence-corrected chi connectivity index (χ3v) is 2.20. The molecule has 0 aromatic rings. The quantitative estimate of drug-likeness (QED) is 0.569. The van der Waals surface area contributed by atoms with Crippen molar-refractivity contribution >= 4 is 0 Å². The third-order valence-electron chi connectivity index (χ3n) is 2.20. The molecule has 11 heavy (non-hydrogen) atoms. The summed E-state index contributed by atoms with van der Waals surface area (Å²) in [6.07, 6.45) is 6.98. The minimum Gasteiger partial charge on any atom is -0.381 e. The second kappa shape index (κ2) is 4.52. The SMILES string of the molecule is COCC=CC1CCCN1C. The van der Waals surface area contributed by atoms with Gasteiger partial charge in [0.25, 0.3) is 0 Å². The summed E-state index contributed by atoms with van der Waals surface area (Å²) in [6, 6.07) is 0.658. The first-order chi connectivity index (χ1) is 5.34. The summed E-state index contributed by atoms with van der Waals surface area (Å²) in [5.74, 6) is 0. The Morgan fingerprint density at radius 1 is 1.64 bits per heavy atom. The van der Waals surface area contributed by atoms with Crippen LogP contribution in [0.3, 0.4) is 0 Å². The van der Waals surface area contributed by atoms with Gasteiger partial charge in [0.15, 0.2) is 0 Å². The molecule has 0 N–H and O–H groups in total. The van der Waals surface area contributed by atoms with Crippen molar-refractivity contribution in [3.05, 3.63) is 12.2 Å². The first-order valence-electron chi connectivity index (χ1n) is 4.20. The van der Waals surface area contributed by atoms with Crippen molar-refractivity contribution in [2.75, 3.05) is 27.3 Å². The van der Waals surface area contributed by atoms with Crippen LogP contribution in [0.2, 0.25) is 0 Å². The van der Waals surface area contributed by atoms with Crippen LogP contribution in [0.5, 0.6) is 0 Å². The molecule has 2 heteroatoms. The lowest BCUT2D eigenvalue weighted by Crippen LogP contribution is -2.22. The minimum atomic E-state index is 0.658. The summed E-state index contributed by atoms with van der Waals surface area (Å²) >= 11 is 0. The Bertz CT molecular complexity index is 134. The highest BCUT2D eigenvalue weighted by Crippen LogP contribution is 2.15. The van der Waals surface area contributed by atoms with Crippen LogP contribution in [-0.4, -0.2) is 38.3 Å². The molecule has 1 unspecified atom stereocenters. The largest absolute Gasteiger partial charge is 0.381 e. The van der Waals surface area contributed by atoms with E-state index >= 15 is 0 Å². The van der Waals surface area contributed by atoms with Crippen LogP contribution in [-0.2, 0) is 4.74 Å². The van der Waals surface area contributed by atoms with Gasteiger partial charge in [-0.15, -0.1) is 0 Å². The first kappa shape index (κ1) is 8.75. The molecule has 1 fully saturated rings. The van der Waals surface area contributed by atoms with Crippen molar-refractivity contribution in [3.8, 4) is 0 Å². The van der Waals surface area contributed by atoms with Gasteiger partial charge >= 0.3 is 0 Å². The summed E-state index contributed by atoms with van der Waals surface area (Å²) in [7, 11) is 3.90. The average molecular weight is 155 g/mol. The van der Waals surface area contributed by atoms with Crippen LogP contribution in [0.1, 0.15) is 12.8 Å². The van der Waals surface area contributed by atoms with E-state index in [4.69, 9.17) is 4.74 Å². The van der Waals surface area contributed by atoms with Gasteiger partial charge in [-0.1, -0.05) is 12.2 Å². The first-order valence-corrected chi connectivity index (χ1v) is 4.20. The molecule has 1 aliphatic heterocycles. The fourth-order valence-electron chi connectivity index (χ4n) is 1.49. The van der Waals surface area contributed by atoms with Crippen molar-refractivity contribution in [3.63, 3.8) is 0 Å². The van der Waals surface area contributed by atoms with Gasteiger partial charge in [-0.2, -0.15) is 0 Å². The summed E-state index contributed by atoms with van der Waals surface area (Å²) in [5, 5.41) is 0. The molecule has 0 saturated carbocycles. The monoisotopic (exact) mass is 155 g/mol. The molecule has 0 aromatic heterocycles. The van der Waals surface area contributed by atoms with E-state index < -0.39 is 0 Å². The van der Waals surface area contributed by atoms with Gasteiger partial charge in [0, 0.05) is 13.2 Å². The van der Waals surface area contributed by atoms with Gasteiger partial charge in [0.05, 0.1) is 6.61 Å². The van der Waals surface area contributed by atoms with E-state index in [0.717, 1.165) is 6.61 Å². The Hall–Kier alpha value is -0.340. The third kappa shape index (κ3) is 2.64. The number of hydrogen-bond donors (Lipinski definition) is 0. The van der Waals surface area contributed by atoms with Crippen molar-refractivity contribution in [1.82, 2.24) is 4.90 Å². The van der Waals surface area contributed by atoms with Crippen LogP contribution in [0, 0.1) is 0 Å². The Morgan fingerprint density at radius 3 is 3.00 bits per heavy atom. The number of methoxy groups -OCH3 is 1. The highest BCUT2D eigenvalue weighted by molar-refractivity contribution is 4.96. The average Bonchev–Trinajstić information content (AvgIpc) is 2.37. The van der Waals surface area contributed by atoms with Crippen LogP contribution in [0.15, 0.2) is 12.2 Å². The minimum absolute atomic E-state index is 0.658. The second-order valence-electron chi connectivity index (χ2n) is 3.07. The Morgan fingerprint density at radius 2 is 2.45 bits per heavy atom. The Balaban J connectivity index is 2.24. The lowest BCUT2D eigenvalue weighted by Gasteiger charge is -2.14. The van der Waals surface area contributed by atoms with E-state index in [9.17, 15) is 0 Å². The molecule has 1 atom stereocenters. The van der Waals surface area contributed by atoms with Gasteiger partial charge in [-0.3, -0.25) is 4.90 Å². The van der Waals surface area contributed by atoms with Crippen molar-refractivity contribution < 1.29 is 4.74 Å².